The maximum Gasteiger partial charge on any atom is 0.101 e. The SMILES string of the molecule is Cc1nn(-c2ccc(C#N)c(NC3CCC(O)CC3)c2)c2cccc(-c3cnc4ccccc4c3)c12. The summed E-state index contributed by atoms with van der Waals surface area (Å²) in [5.41, 5.74) is 7.41. The van der Waals surface area contributed by atoms with Gasteiger partial charge in [0.05, 0.1) is 39.8 Å². The Morgan fingerprint density at radius 1 is 1.00 bits per heavy atom. The Hall–Kier alpha value is -4.21. The maximum atomic E-state index is 9.85. The van der Waals surface area contributed by atoms with Gasteiger partial charge in [0.15, 0.2) is 0 Å². The summed E-state index contributed by atoms with van der Waals surface area (Å²) < 4.78 is 1.96. The van der Waals surface area contributed by atoms with E-state index in [4.69, 9.17) is 5.10 Å². The molecule has 5 aromatic rings. The zero-order valence-electron chi connectivity index (χ0n) is 20.1. The molecule has 0 amide bonds. The second kappa shape index (κ2) is 9.10. The predicted molar refractivity (Wildman–Crippen MR) is 143 cm³/mol. The van der Waals surface area contributed by atoms with Gasteiger partial charge in [-0.3, -0.25) is 4.98 Å². The summed E-state index contributed by atoms with van der Waals surface area (Å²) in [7, 11) is 0. The molecule has 1 aliphatic rings. The second-order valence-corrected chi connectivity index (χ2v) is 9.61. The molecule has 36 heavy (non-hydrogen) atoms. The minimum absolute atomic E-state index is 0.213. The van der Waals surface area contributed by atoms with Crippen molar-refractivity contribution in [2.24, 2.45) is 0 Å². The van der Waals surface area contributed by atoms with E-state index in [9.17, 15) is 10.4 Å². The van der Waals surface area contributed by atoms with E-state index < -0.39 is 0 Å². The predicted octanol–water partition coefficient (Wildman–Crippen LogP) is 6.14. The number of para-hydroxylation sites is 1. The molecule has 1 saturated carbocycles. The molecule has 6 nitrogen and oxygen atoms in total. The average molecular weight is 474 g/mol. The first-order chi connectivity index (χ1) is 17.6. The number of pyridine rings is 1. The number of anilines is 1. The van der Waals surface area contributed by atoms with Crippen LogP contribution in [0.4, 0.5) is 5.69 Å². The lowest BCUT2D eigenvalue weighted by atomic mass is 9.93. The van der Waals surface area contributed by atoms with Crippen LogP contribution in [0.25, 0.3) is 38.6 Å². The first-order valence-corrected chi connectivity index (χ1v) is 12.4. The zero-order valence-corrected chi connectivity index (χ0v) is 20.1. The van der Waals surface area contributed by atoms with E-state index in [-0.39, 0.29) is 12.1 Å². The molecule has 0 unspecified atom stereocenters. The van der Waals surface area contributed by atoms with Crippen LogP contribution < -0.4 is 5.32 Å². The Kier molecular flexibility index (Phi) is 5.63. The van der Waals surface area contributed by atoms with Gasteiger partial charge in [-0.1, -0.05) is 30.3 Å². The molecule has 0 spiro atoms. The van der Waals surface area contributed by atoms with Crippen LogP contribution >= 0.6 is 0 Å². The Bertz CT molecular complexity index is 1620. The highest BCUT2D eigenvalue weighted by atomic mass is 16.3. The molecule has 0 aliphatic heterocycles. The van der Waals surface area contributed by atoms with E-state index in [0.29, 0.717) is 5.56 Å². The van der Waals surface area contributed by atoms with Gasteiger partial charge in [0.2, 0.25) is 0 Å². The largest absolute Gasteiger partial charge is 0.393 e. The van der Waals surface area contributed by atoms with Crippen LogP contribution in [0.3, 0.4) is 0 Å². The molecule has 6 rings (SSSR count). The van der Waals surface area contributed by atoms with Gasteiger partial charge in [-0.15, -0.1) is 0 Å². The molecule has 2 N–H and O–H groups in total. The molecule has 0 bridgehead atoms. The van der Waals surface area contributed by atoms with Gasteiger partial charge in [-0.2, -0.15) is 10.4 Å². The monoisotopic (exact) mass is 473 g/mol. The normalized spacial score (nSPS) is 17.8. The molecule has 6 heteroatoms. The van der Waals surface area contributed by atoms with Crippen molar-refractivity contribution in [2.45, 2.75) is 44.8 Å². The Morgan fingerprint density at radius 2 is 1.83 bits per heavy atom. The highest BCUT2D eigenvalue weighted by Gasteiger charge is 2.21. The molecule has 3 aromatic carbocycles. The third-order valence-electron chi connectivity index (χ3n) is 7.21. The molecular weight excluding hydrogens is 446 g/mol. The van der Waals surface area contributed by atoms with Gasteiger partial charge in [-0.05, 0) is 74.6 Å². The number of nitrogens with one attached hydrogen (secondary N) is 1. The highest BCUT2D eigenvalue weighted by molar-refractivity contribution is 5.99. The van der Waals surface area contributed by atoms with E-state index in [1.165, 1.54) is 0 Å². The summed E-state index contributed by atoms with van der Waals surface area (Å²) in [6.45, 7) is 2.03. The van der Waals surface area contributed by atoms with Crippen LogP contribution in [0.2, 0.25) is 0 Å². The van der Waals surface area contributed by atoms with Gasteiger partial charge < -0.3 is 10.4 Å². The number of hydrogen-bond donors (Lipinski definition) is 2. The fourth-order valence-electron chi connectivity index (χ4n) is 5.33. The lowest BCUT2D eigenvalue weighted by molar-refractivity contribution is 0.126. The van der Waals surface area contributed by atoms with Crippen LogP contribution in [0, 0.1) is 18.3 Å². The van der Waals surface area contributed by atoms with Crippen molar-refractivity contribution in [1.82, 2.24) is 14.8 Å². The number of benzene rings is 3. The highest BCUT2D eigenvalue weighted by Crippen LogP contribution is 2.34. The fourth-order valence-corrected chi connectivity index (χ4v) is 5.33. The lowest BCUT2D eigenvalue weighted by Gasteiger charge is -2.27. The second-order valence-electron chi connectivity index (χ2n) is 9.61. The topological polar surface area (TPSA) is 86.8 Å². The molecule has 1 aliphatic carbocycles. The molecular formula is C30H27N5O. The third kappa shape index (κ3) is 3.98. The summed E-state index contributed by atoms with van der Waals surface area (Å²) in [5.74, 6) is 0. The molecule has 0 atom stereocenters. The van der Waals surface area contributed by atoms with Crippen LogP contribution in [-0.2, 0) is 0 Å². The van der Waals surface area contributed by atoms with E-state index in [0.717, 1.165) is 75.7 Å². The standard InChI is InChI=1S/C30H27N5O/c1-19-30-26(22-15-20-5-2-3-7-27(20)32-18-22)6-4-8-29(30)35(34-19)24-12-9-21(17-31)28(16-24)33-23-10-13-25(36)14-11-23/h2-9,12,15-16,18,23,25,33,36H,10-11,13-14H2,1H3. The van der Waals surface area contributed by atoms with Crippen molar-refractivity contribution < 1.29 is 5.11 Å². The van der Waals surface area contributed by atoms with Crippen LogP contribution in [-0.4, -0.2) is 32.0 Å². The Labute approximate surface area is 209 Å². The quantitative estimate of drug-likeness (QED) is 0.328. The maximum absolute atomic E-state index is 9.85. The average Bonchev–Trinajstić information content (AvgIpc) is 3.26. The van der Waals surface area contributed by atoms with E-state index in [1.54, 1.807) is 0 Å². The number of hydrogen-bond acceptors (Lipinski definition) is 5. The van der Waals surface area contributed by atoms with Crippen molar-refractivity contribution in [3.8, 4) is 22.9 Å². The number of rotatable bonds is 4. The first kappa shape index (κ1) is 22.3. The number of fused-ring (bicyclic) bond motifs is 2. The smallest absolute Gasteiger partial charge is 0.101 e. The van der Waals surface area contributed by atoms with Gasteiger partial charge in [0.25, 0.3) is 0 Å². The molecule has 0 saturated heterocycles. The van der Waals surface area contributed by atoms with Crippen molar-refractivity contribution >= 4 is 27.5 Å². The Morgan fingerprint density at radius 3 is 2.67 bits per heavy atom. The van der Waals surface area contributed by atoms with Gasteiger partial charge in [-0.25, -0.2) is 4.68 Å². The number of aryl methyl sites for hydroxylation is 1. The van der Waals surface area contributed by atoms with Crippen molar-refractivity contribution in [3.63, 3.8) is 0 Å². The summed E-state index contributed by atoms with van der Waals surface area (Å²) in [6.07, 6.45) is 5.07. The van der Waals surface area contributed by atoms with Gasteiger partial charge in [0.1, 0.15) is 6.07 Å². The first-order valence-electron chi connectivity index (χ1n) is 12.4. The van der Waals surface area contributed by atoms with E-state index in [1.807, 2.05) is 54.2 Å². The molecule has 1 fully saturated rings. The number of nitriles is 1. The Balaban J connectivity index is 1.42. The zero-order chi connectivity index (χ0) is 24.6. The summed E-state index contributed by atoms with van der Waals surface area (Å²) in [4.78, 5) is 4.67. The van der Waals surface area contributed by atoms with Gasteiger partial charge in [0, 0.05) is 28.6 Å². The fraction of sp³-hybridized carbons (Fsp3) is 0.233. The summed E-state index contributed by atoms with van der Waals surface area (Å²) >= 11 is 0. The molecule has 2 heterocycles. The van der Waals surface area contributed by atoms with Crippen LogP contribution in [0.15, 0.2) is 72.9 Å². The van der Waals surface area contributed by atoms with Crippen molar-refractivity contribution in [2.75, 3.05) is 5.32 Å². The van der Waals surface area contributed by atoms with E-state index in [2.05, 4.69) is 46.7 Å². The number of aromatic nitrogens is 3. The van der Waals surface area contributed by atoms with Crippen molar-refractivity contribution in [3.05, 3.63) is 84.2 Å². The number of nitrogens with zero attached hydrogens (tertiary/aromatic N) is 4. The number of aliphatic hydroxyl groups excluding tert-OH is 1. The molecule has 178 valence electrons. The summed E-state index contributed by atoms with van der Waals surface area (Å²) in [5, 5.41) is 30.2. The minimum Gasteiger partial charge on any atom is -0.393 e. The number of aliphatic hydroxyl groups is 1. The lowest BCUT2D eigenvalue weighted by Crippen LogP contribution is -2.28. The van der Waals surface area contributed by atoms with Gasteiger partial charge >= 0.3 is 0 Å². The summed E-state index contributed by atoms with van der Waals surface area (Å²) in [6, 6.07) is 25.0. The third-order valence-corrected chi connectivity index (χ3v) is 7.21. The van der Waals surface area contributed by atoms with Crippen LogP contribution in [0.1, 0.15) is 36.9 Å². The van der Waals surface area contributed by atoms with E-state index >= 15 is 0 Å². The minimum atomic E-state index is -0.213. The molecule has 2 aromatic heterocycles. The molecule has 0 radical (unpaired) electrons. The van der Waals surface area contributed by atoms with Crippen LogP contribution in [0.5, 0.6) is 0 Å². The van der Waals surface area contributed by atoms with Crippen molar-refractivity contribution in [1.29, 1.82) is 5.26 Å².